The molecule has 3 N–H and O–H groups in total. The van der Waals surface area contributed by atoms with Crippen molar-refractivity contribution in [2.45, 2.75) is 51.0 Å². The van der Waals surface area contributed by atoms with Crippen LogP contribution in [0.3, 0.4) is 0 Å². The molecule has 2 amide bonds. The van der Waals surface area contributed by atoms with Crippen molar-refractivity contribution in [2.75, 3.05) is 26.2 Å². The number of rotatable bonds is 8. The number of carbonyl (C=O) groups is 3. The molecule has 2 aliphatic heterocycles. The molecular formula is C19H32ClN3O4. The predicted octanol–water partition coefficient (Wildman–Crippen LogP) is 1.57. The second-order valence-corrected chi connectivity index (χ2v) is 7.36. The molecule has 0 saturated carbocycles. The van der Waals surface area contributed by atoms with Crippen molar-refractivity contribution in [3.8, 4) is 0 Å². The number of hydrogen-bond acceptors (Lipinski definition) is 4. The van der Waals surface area contributed by atoms with Crippen molar-refractivity contribution in [3.63, 3.8) is 0 Å². The van der Waals surface area contributed by atoms with Crippen LogP contribution in [0.25, 0.3) is 0 Å². The van der Waals surface area contributed by atoms with Crippen LogP contribution in [-0.2, 0) is 14.4 Å². The molecule has 2 heterocycles. The maximum atomic E-state index is 12.5. The van der Waals surface area contributed by atoms with Gasteiger partial charge in [-0.3, -0.25) is 14.4 Å². The SMILES string of the molecule is C=CC(CC(=O)O)NC(=O)[C@@H]1CCCN(C(=O)CCC2CCNCC2)C1.Cl. The first kappa shape index (κ1) is 23.4. The van der Waals surface area contributed by atoms with E-state index in [1.54, 1.807) is 4.90 Å². The Hall–Kier alpha value is -1.60. The maximum absolute atomic E-state index is 12.5. The Kier molecular flexibility index (Phi) is 10.4. The number of likely N-dealkylation sites (tertiary alicyclic amines) is 1. The van der Waals surface area contributed by atoms with Crippen LogP contribution in [0.2, 0.25) is 0 Å². The number of carboxylic acid groups (broad SMARTS) is 1. The minimum Gasteiger partial charge on any atom is -0.481 e. The van der Waals surface area contributed by atoms with Crippen molar-refractivity contribution < 1.29 is 19.5 Å². The standard InChI is InChI=1S/C19H31N3O4.ClH/c1-2-16(12-18(24)25)21-19(26)15-4-3-11-22(13-15)17(23)6-5-14-7-9-20-10-8-14;/h2,14-16,20H,1,3-13H2,(H,21,26)(H,24,25);1H/t15-,16?;/m1./s1. The predicted molar refractivity (Wildman–Crippen MR) is 106 cm³/mol. The number of carboxylic acids is 1. The van der Waals surface area contributed by atoms with Gasteiger partial charge in [-0.2, -0.15) is 0 Å². The summed E-state index contributed by atoms with van der Waals surface area (Å²) in [6, 6.07) is -0.578. The van der Waals surface area contributed by atoms with Crippen molar-refractivity contribution in [1.29, 1.82) is 0 Å². The second-order valence-electron chi connectivity index (χ2n) is 7.36. The maximum Gasteiger partial charge on any atom is 0.305 e. The van der Waals surface area contributed by atoms with E-state index < -0.39 is 12.0 Å². The highest BCUT2D eigenvalue weighted by Gasteiger charge is 2.29. The van der Waals surface area contributed by atoms with E-state index in [0.717, 1.165) is 45.2 Å². The summed E-state index contributed by atoms with van der Waals surface area (Å²) in [4.78, 5) is 37.6. The zero-order valence-corrected chi connectivity index (χ0v) is 16.6. The van der Waals surface area contributed by atoms with Gasteiger partial charge in [0.15, 0.2) is 0 Å². The zero-order chi connectivity index (χ0) is 18.9. The molecule has 2 fully saturated rings. The molecule has 2 saturated heterocycles. The van der Waals surface area contributed by atoms with Crippen LogP contribution in [0, 0.1) is 11.8 Å². The Morgan fingerprint density at radius 2 is 1.96 bits per heavy atom. The quantitative estimate of drug-likeness (QED) is 0.536. The van der Waals surface area contributed by atoms with Crippen LogP contribution in [0.5, 0.6) is 0 Å². The first-order valence-electron chi connectivity index (χ1n) is 9.62. The third-order valence-electron chi connectivity index (χ3n) is 5.38. The van der Waals surface area contributed by atoms with Gasteiger partial charge in [0, 0.05) is 19.5 Å². The highest BCUT2D eigenvalue weighted by Crippen LogP contribution is 2.21. The number of carbonyl (C=O) groups excluding carboxylic acids is 2. The monoisotopic (exact) mass is 401 g/mol. The molecule has 1 unspecified atom stereocenters. The van der Waals surface area contributed by atoms with Crippen molar-refractivity contribution in [3.05, 3.63) is 12.7 Å². The number of aliphatic carboxylic acids is 1. The lowest BCUT2D eigenvalue weighted by Crippen LogP contribution is -2.47. The molecule has 7 nitrogen and oxygen atoms in total. The molecule has 0 aromatic heterocycles. The molecule has 27 heavy (non-hydrogen) atoms. The van der Waals surface area contributed by atoms with Gasteiger partial charge in [-0.1, -0.05) is 6.08 Å². The van der Waals surface area contributed by atoms with Gasteiger partial charge in [-0.25, -0.2) is 0 Å². The molecule has 0 bridgehead atoms. The average Bonchev–Trinajstić information content (AvgIpc) is 2.66. The fourth-order valence-electron chi connectivity index (χ4n) is 3.76. The van der Waals surface area contributed by atoms with E-state index in [4.69, 9.17) is 5.11 Å². The molecule has 0 radical (unpaired) electrons. The lowest BCUT2D eigenvalue weighted by atomic mass is 9.92. The van der Waals surface area contributed by atoms with Crippen molar-refractivity contribution >= 4 is 30.2 Å². The molecule has 2 rings (SSSR count). The molecule has 8 heteroatoms. The Labute approximate surface area is 167 Å². The van der Waals surface area contributed by atoms with Gasteiger partial charge in [0.05, 0.1) is 18.4 Å². The number of amides is 2. The average molecular weight is 402 g/mol. The first-order valence-corrected chi connectivity index (χ1v) is 9.62. The third kappa shape index (κ3) is 7.89. The van der Waals surface area contributed by atoms with Crippen LogP contribution < -0.4 is 10.6 Å². The molecule has 154 valence electrons. The number of halogens is 1. The molecule has 0 aromatic rings. The summed E-state index contributed by atoms with van der Waals surface area (Å²) in [6.45, 7) is 6.77. The van der Waals surface area contributed by atoms with E-state index in [1.807, 2.05) is 0 Å². The van der Waals surface area contributed by atoms with Crippen molar-refractivity contribution in [1.82, 2.24) is 15.5 Å². The molecule has 0 spiro atoms. The van der Waals surface area contributed by atoms with Gasteiger partial charge in [0.25, 0.3) is 0 Å². The van der Waals surface area contributed by atoms with E-state index in [1.165, 1.54) is 6.08 Å². The van der Waals surface area contributed by atoms with Gasteiger partial charge in [0.2, 0.25) is 11.8 Å². The second kappa shape index (κ2) is 12.0. The summed E-state index contributed by atoms with van der Waals surface area (Å²) >= 11 is 0. The third-order valence-corrected chi connectivity index (χ3v) is 5.38. The van der Waals surface area contributed by atoms with Gasteiger partial charge in [-0.15, -0.1) is 19.0 Å². The topological polar surface area (TPSA) is 98.7 Å². The van der Waals surface area contributed by atoms with E-state index in [2.05, 4.69) is 17.2 Å². The van der Waals surface area contributed by atoms with E-state index in [-0.39, 0.29) is 36.6 Å². The lowest BCUT2D eigenvalue weighted by Gasteiger charge is -2.33. The normalized spacial score (nSPS) is 21.6. The molecule has 2 atom stereocenters. The van der Waals surface area contributed by atoms with E-state index in [9.17, 15) is 14.4 Å². The van der Waals surface area contributed by atoms with Gasteiger partial charge < -0.3 is 20.6 Å². The van der Waals surface area contributed by atoms with Crippen LogP contribution in [0.1, 0.15) is 44.9 Å². The number of nitrogens with one attached hydrogen (secondary N) is 2. The van der Waals surface area contributed by atoms with Crippen LogP contribution in [0.15, 0.2) is 12.7 Å². The smallest absolute Gasteiger partial charge is 0.305 e. The Bertz CT molecular complexity index is 523. The Balaban J connectivity index is 0.00000364. The first-order chi connectivity index (χ1) is 12.5. The largest absolute Gasteiger partial charge is 0.481 e. The molecule has 0 aromatic carbocycles. The number of nitrogens with zero attached hydrogens (tertiary/aromatic N) is 1. The van der Waals surface area contributed by atoms with Crippen molar-refractivity contribution in [2.24, 2.45) is 11.8 Å². The summed E-state index contributed by atoms with van der Waals surface area (Å²) in [5, 5.41) is 14.9. The Morgan fingerprint density at radius 1 is 1.26 bits per heavy atom. The van der Waals surface area contributed by atoms with E-state index in [0.29, 0.717) is 25.4 Å². The summed E-state index contributed by atoms with van der Waals surface area (Å²) in [5.74, 6) is -0.691. The highest BCUT2D eigenvalue weighted by atomic mass is 35.5. The van der Waals surface area contributed by atoms with E-state index >= 15 is 0 Å². The molecule has 2 aliphatic rings. The fourth-order valence-corrected chi connectivity index (χ4v) is 3.76. The summed E-state index contributed by atoms with van der Waals surface area (Å²) in [6.07, 6.45) is 6.52. The lowest BCUT2D eigenvalue weighted by molar-refractivity contribution is -0.137. The summed E-state index contributed by atoms with van der Waals surface area (Å²) < 4.78 is 0. The van der Waals surface area contributed by atoms with Gasteiger partial charge in [0.1, 0.15) is 0 Å². The number of piperidine rings is 2. The fraction of sp³-hybridized carbons (Fsp3) is 0.737. The number of hydrogen-bond donors (Lipinski definition) is 3. The van der Waals surface area contributed by atoms with Gasteiger partial charge in [-0.05, 0) is 51.1 Å². The summed E-state index contributed by atoms with van der Waals surface area (Å²) in [7, 11) is 0. The zero-order valence-electron chi connectivity index (χ0n) is 15.8. The molecule has 0 aliphatic carbocycles. The Morgan fingerprint density at radius 3 is 2.59 bits per heavy atom. The highest BCUT2D eigenvalue weighted by molar-refractivity contribution is 5.85. The van der Waals surface area contributed by atoms with Crippen LogP contribution in [0.4, 0.5) is 0 Å². The molecular weight excluding hydrogens is 370 g/mol. The van der Waals surface area contributed by atoms with Crippen LogP contribution in [-0.4, -0.2) is 60.0 Å². The summed E-state index contributed by atoms with van der Waals surface area (Å²) in [5.41, 5.74) is 0. The minimum absolute atomic E-state index is 0. The van der Waals surface area contributed by atoms with Gasteiger partial charge >= 0.3 is 5.97 Å². The van der Waals surface area contributed by atoms with Crippen LogP contribution >= 0.6 is 12.4 Å². The minimum atomic E-state index is -0.978.